The van der Waals surface area contributed by atoms with Crippen molar-refractivity contribution in [2.24, 2.45) is 5.92 Å². The molecule has 136 valence electrons. The summed E-state index contributed by atoms with van der Waals surface area (Å²) in [6, 6.07) is 9.16. The van der Waals surface area contributed by atoms with Gasteiger partial charge in [-0.2, -0.15) is 0 Å². The van der Waals surface area contributed by atoms with Crippen LogP contribution in [0.25, 0.3) is 0 Å². The van der Waals surface area contributed by atoms with Gasteiger partial charge in [0.25, 0.3) is 0 Å². The summed E-state index contributed by atoms with van der Waals surface area (Å²) in [7, 11) is 4.76. The van der Waals surface area contributed by atoms with Crippen LogP contribution in [0.15, 0.2) is 24.3 Å². The highest BCUT2D eigenvalue weighted by atomic mass is 35.5. The van der Waals surface area contributed by atoms with Gasteiger partial charge >= 0.3 is 0 Å². The molecule has 2 aliphatic rings. The molecule has 25 heavy (non-hydrogen) atoms. The minimum atomic E-state index is -0.978. The van der Waals surface area contributed by atoms with Gasteiger partial charge in [0, 0.05) is 35.4 Å². The van der Waals surface area contributed by atoms with Crippen molar-refractivity contribution in [1.29, 1.82) is 0 Å². The summed E-state index contributed by atoms with van der Waals surface area (Å²) in [5, 5.41) is 11.8. The normalized spacial score (nSPS) is 28.4. The van der Waals surface area contributed by atoms with E-state index >= 15 is 0 Å². The molecule has 2 atom stereocenters. The van der Waals surface area contributed by atoms with Crippen molar-refractivity contribution in [2.75, 3.05) is 14.1 Å². The molecule has 0 amide bonds. The van der Waals surface area contributed by atoms with Gasteiger partial charge in [0.1, 0.15) is 5.60 Å². The molecule has 0 spiro atoms. The number of halogens is 2. The molecule has 2 saturated heterocycles. The number of quaternary nitrogens is 1. The third kappa shape index (κ3) is 3.19. The van der Waals surface area contributed by atoms with Crippen molar-refractivity contribution in [2.45, 2.75) is 49.8 Å². The number of nitrogens with zero attached hydrogens (tertiary/aromatic N) is 1. The standard InChI is InChI=1S/C19H24Cl2NOS2/c1-22(2)13-3-4-14(22)10-12(9-13)11-19(23,15-5-7-17(20)24-15)16-6-8-18(21)25-16/h5-8,12-14,23H,3-4,9-11H2,1-2H3/q+1/t13-,14-/m0/s1. The second kappa shape index (κ2) is 6.50. The fourth-order valence-corrected chi connectivity index (χ4v) is 7.35. The molecule has 0 saturated carbocycles. The van der Waals surface area contributed by atoms with Crippen LogP contribution in [-0.4, -0.2) is 35.8 Å². The topological polar surface area (TPSA) is 20.2 Å². The summed E-state index contributed by atoms with van der Waals surface area (Å²) < 4.78 is 2.60. The molecule has 6 heteroatoms. The van der Waals surface area contributed by atoms with Crippen LogP contribution in [0.1, 0.15) is 41.9 Å². The average Bonchev–Trinajstić information content (AvgIpc) is 3.18. The molecule has 0 aliphatic carbocycles. The van der Waals surface area contributed by atoms with Crippen LogP contribution in [0.2, 0.25) is 8.67 Å². The van der Waals surface area contributed by atoms with E-state index < -0.39 is 5.60 Å². The first-order valence-corrected chi connectivity index (χ1v) is 11.3. The zero-order chi connectivity index (χ0) is 17.8. The van der Waals surface area contributed by atoms with Crippen LogP contribution in [0.5, 0.6) is 0 Å². The number of fused-ring (bicyclic) bond motifs is 2. The van der Waals surface area contributed by atoms with Gasteiger partial charge in [-0.05, 0) is 36.6 Å². The van der Waals surface area contributed by atoms with Gasteiger partial charge in [-0.3, -0.25) is 0 Å². The van der Waals surface area contributed by atoms with E-state index in [1.54, 1.807) is 0 Å². The minimum absolute atomic E-state index is 0.537. The summed E-state index contributed by atoms with van der Waals surface area (Å²) >= 11 is 15.3. The van der Waals surface area contributed by atoms with Gasteiger partial charge in [0.15, 0.2) is 0 Å². The zero-order valence-corrected chi connectivity index (χ0v) is 17.7. The maximum absolute atomic E-state index is 11.8. The summed E-state index contributed by atoms with van der Waals surface area (Å²) in [6.07, 6.45) is 5.80. The van der Waals surface area contributed by atoms with Crippen LogP contribution in [-0.2, 0) is 5.60 Å². The van der Waals surface area contributed by atoms with Crippen molar-refractivity contribution >= 4 is 45.9 Å². The van der Waals surface area contributed by atoms with Crippen molar-refractivity contribution in [1.82, 2.24) is 0 Å². The second-order valence-electron chi connectivity index (χ2n) is 8.12. The molecule has 4 rings (SSSR count). The first-order chi connectivity index (χ1) is 11.8. The summed E-state index contributed by atoms with van der Waals surface area (Å²) in [4.78, 5) is 1.87. The minimum Gasteiger partial charge on any atom is -0.379 e. The number of rotatable bonds is 4. The lowest BCUT2D eigenvalue weighted by molar-refractivity contribution is -0.931. The van der Waals surface area contributed by atoms with Gasteiger partial charge in [-0.15, -0.1) is 22.7 Å². The predicted octanol–water partition coefficient (Wildman–Crippen LogP) is 5.76. The van der Waals surface area contributed by atoms with Crippen molar-refractivity contribution in [3.8, 4) is 0 Å². The Morgan fingerprint density at radius 2 is 1.48 bits per heavy atom. The van der Waals surface area contributed by atoms with Gasteiger partial charge in [-0.1, -0.05) is 23.2 Å². The third-order valence-electron chi connectivity index (χ3n) is 6.47. The number of hydrogen-bond acceptors (Lipinski definition) is 3. The largest absolute Gasteiger partial charge is 0.379 e. The van der Waals surface area contributed by atoms with Gasteiger partial charge in [0.05, 0.1) is 34.9 Å². The number of piperidine rings is 1. The molecule has 2 bridgehead atoms. The molecule has 2 aromatic rings. The Morgan fingerprint density at radius 1 is 1.00 bits per heavy atom. The Labute approximate surface area is 167 Å². The lowest BCUT2D eigenvalue weighted by Gasteiger charge is -2.45. The molecule has 2 fully saturated rings. The lowest BCUT2D eigenvalue weighted by Crippen LogP contribution is -2.55. The molecule has 2 aromatic heterocycles. The molecular weight excluding hydrogens is 393 g/mol. The fourth-order valence-electron chi connectivity index (χ4n) is 4.97. The first kappa shape index (κ1) is 18.3. The number of aliphatic hydroxyl groups is 1. The Hall–Kier alpha value is -0.100. The average molecular weight is 417 g/mol. The van der Waals surface area contributed by atoms with E-state index in [2.05, 4.69) is 14.1 Å². The van der Waals surface area contributed by atoms with E-state index in [1.807, 2.05) is 24.3 Å². The van der Waals surface area contributed by atoms with Crippen molar-refractivity contribution < 1.29 is 9.59 Å². The summed E-state index contributed by atoms with van der Waals surface area (Å²) in [6.45, 7) is 0. The lowest BCUT2D eigenvalue weighted by atomic mass is 9.79. The van der Waals surface area contributed by atoms with E-state index in [0.29, 0.717) is 5.92 Å². The van der Waals surface area contributed by atoms with E-state index in [1.165, 1.54) is 48.4 Å². The fraction of sp³-hybridized carbons (Fsp3) is 0.579. The van der Waals surface area contributed by atoms with E-state index in [4.69, 9.17) is 23.2 Å². The Bertz CT molecular complexity index is 713. The van der Waals surface area contributed by atoms with Gasteiger partial charge in [-0.25, -0.2) is 0 Å². The summed E-state index contributed by atoms with van der Waals surface area (Å²) in [5.41, 5.74) is -0.978. The molecular formula is C19H24Cl2NOS2+. The Balaban J connectivity index is 1.64. The zero-order valence-electron chi connectivity index (χ0n) is 14.5. The maximum atomic E-state index is 11.8. The quantitative estimate of drug-likeness (QED) is 0.627. The molecule has 4 heterocycles. The maximum Gasteiger partial charge on any atom is 0.133 e. The SMILES string of the molecule is C[N+]1(C)[C@H]2CC[C@H]1CC(CC(O)(c1ccc(Cl)s1)c1ccc(Cl)s1)C2. The van der Waals surface area contributed by atoms with Crippen molar-refractivity contribution in [3.63, 3.8) is 0 Å². The van der Waals surface area contributed by atoms with Crippen LogP contribution >= 0.6 is 45.9 Å². The van der Waals surface area contributed by atoms with Gasteiger partial charge < -0.3 is 9.59 Å². The molecule has 0 aromatic carbocycles. The highest BCUT2D eigenvalue weighted by Crippen LogP contribution is 2.49. The smallest absolute Gasteiger partial charge is 0.133 e. The molecule has 2 nitrogen and oxygen atoms in total. The van der Waals surface area contributed by atoms with E-state index in [0.717, 1.165) is 41.4 Å². The molecule has 0 unspecified atom stereocenters. The van der Waals surface area contributed by atoms with Gasteiger partial charge in [0.2, 0.25) is 0 Å². The second-order valence-corrected chi connectivity index (χ2v) is 11.6. The Morgan fingerprint density at radius 3 is 1.88 bits per heavy atom. The molecule has 1 N–H and O–H groups in total. The highest BCUT2D eigenvalue weighted by molar-refractivity contribution is 7.17. The predicted molar refractivity (Wildman–Crippen MR) is 108 cm³/mol. The van der Waals surface area contributed by atoms with Crippen LogP contribution in [0.3, 0.4) is 0 Å². The van der Waals surface area contributed by atoms with Crippen molar-refractivity contribution in [3.05, 3.63) is 42.7 Å². The monoisotopic (exact) mass is 416 g/mol. The summed E-state index contributed by atoms with van der Waals surface area (Å²) in [5.74, 6) is 0.537. The number of thiophene rings is 2. The third-order valence-corrected chi connectivity index (χ3v) is 9.24. The first-order valence-electron chi connectivity index (χ1n) is 8.86. The van der Waals surface area contributed by atoms with Crippen LogP contribution in [0.4, 0.5) is 0 Å². The Kier molecular flexibility index (Phi) is 4.75. The number of hydrogen-bond donors (Lipinski definition) is 1. The molecule has 2 aliphatic heterocycles. The van der Waals surface area contributed by atoms with Crippen LogP contribution in [0, 0.1) is 5.92 Å². The van der Waals surface area contributed by atoms with E-state index in [-0.39, 0.29) is 0 Å². The van der Waals surface area contributed by atoms with E-state index in [9.17, 15) is 5.11 Å². The highest BCUT2D eigenvalue weighted by Gasteiger charge is 2.50. The molecule has 0 radical (unpaired) electrons. The van der Waals surface area contributed by atoms with Crippen LogP contribution < -0.4 is 0 Å².